The summed E-state index contributed by atoms with van der Waals surface area (Å²) in [4.78, 5) is 12.6. The number of hydrogen-bond acceptors (Lipinski definition) is 6. The highest BCUT2D eigenvalue weighted by Gasteiger charge is 2.47. The molecule has 1 unspecified atom stereocenters. The number of nitrogens with zero attached hydrogens (tertiary/aromatic N) is 2. The molecule has 1 amide bonds. The van der Waals surface area contributed by atoms with Crippen LogP contribution >= 0.6 is 0 Å². The molecule has 3 saturated heterocycles. The van der Waals surface area contributed by atoms with Gasteiger partial charge in [0.05, 0.1) is 5.75 Å². The maximum Gasteiger partial charge on any atom is 0.273 e. The SMILES string of the molecule is O=C(NC1C[C@H]2CC[C@@H](C1)N2S(=O)(=O)C[C@H]1CCCCN1)c1cc(C2CC2)on1. The van der Waals surface area contributed by atoms with Gasteiger partial charge < -0.3 is 15.2 Å². The standard InChI is InChI=1S/C20H30N4O4S/c25-20(18-11-19(28-23-18)13-4-5-13)22-15-9-16-6-7-17(10-15)24(16)29(26,27)12-14-3-1-2-8-21-14/h11,13-17,21H,1-10,12H2,(H,22,25)/t14-,15?,16-,17+/m1/s1. The molecule has 4 heterocycles. The fraction of sp³-hybridized carbons (Fsp3) is 0.800. The van der Waals surface area contributed by atoms with Crippen LogP contribution in [0.25, 0.3) is 0 Å². The molecule has 1 aliphatic carbocycles. The van der Waals surface area contributed by atoms with Crippen LogP contribution < -0.4 is 10.6 Å². The van der Waals surface area contributed by atoms with E-state index in [4.69, 9.17) is 4.52 Å². The van der Waals surface area contributed by atoms with Gasteiger partial charge in [-0.05, 0) is 57.9 Å². The third-order valence-corrected chi connectivity index (χ3v) is 8.95. The van der Waals surface area contributed by atoms with Gasteiger partial charge in [-0.25, -0.2) is 8.42 Å². The molecule has 1 aromatic heterocycles. The number of carbonyl (C=O) groups excluding carboxylic acids is 1. The monoisotopic (exact) mass is 422 g/mol. The van der Waals surface area contributed by atoms with Crippen LogP contribution in [0.4, 0.5) is 0 Å². The van der Waals surface area contributed by atoms with Gasteiger partial charge in [-0.2, -0.15) is 4.31 Å². The summed E-state index contributed by atoms with van der Waals surface area (Å²) in [6.07, 6.45) is 8.46. The highest BCUT2D eigenvalue weighted by Crippen LogP contribution is 2.40. The molecule has 2 N–H and O–H groups in total. The Bertz CT molecular complexity index is 846. The molecule has 2 bridgehead atoms. The molecule has 160 valence electrons. The minimum absolute atomic E-state index is 0.00743. The predicted molar refractivity (Wildman–Crippen MR) is 107 cm³/mol. The first-order chi connectivity index (χ1) is 14.0. The summed E-state index contributed by atoms with van der Waals surface area (Å²) < 4.78 is 33.3. The summed E-state index contributed by atoms with van der Waals surface area (Å²) in [5.74, 6) is 1.20. The van der Waals surface area contributed by atoms with Crippen LogP contribution in [0.15, 0.2) is 10.6 Å². The zero-order valence-corrected chi connectivity index (χ0v) is 17.5. The molecule has 1 aromatic rings. The first-order valence-corrected chi connectivity index (χ1v) is 12.6. The normalized spacial score (nSPS) is 33.0. The molecule has 8 nitrogen and oxygen atoms in total. The predicted octanol–water partition coefficient (Wildman–Crippen LogP) is 1.75. The second-order valence-electron chi connectivity index (χ2n) is 9.17. The van der Waals surface area contributed by atoms with Crippen LogP contribution in [-0.2, 0) is 10.0 Å². The average molecular weight is 423 g/mol. The molecule has 0 radical (unpaired) electrons. The maximum atomic E-state index is 13.1. The van der Waals surface area contributed by atoms with E-state index in [0.29, 0.717) is 24.5 Å². The Morgan fingerprint density at radius 2 is 1.93 bits per heavy atom. The largest absolute Gasteiger partial charge is 0.360 e. The van der Waals surface area contributed by atoms with Gasteiger partial charge in [0.15, 0.2) is 5.69 Å². The first kappa shape index (κ1) is 19.5. The third-order valence-electron chi connectivity index (χ3n) is 6.89. The van der Waals surface area contributed by atoms with Crippen molar-refractivity contribution in [1.82, 2.24) is 20.1 Å². The van der Waals surface area contributed by atoms with Crippen molar-refractivity contribution >= 4 is 15.9 Å². The van der Waals surface area contributed by atoms with Gasteiger partial charge in [-0.3, -0.25) is 4.79 Å². The number of sulfonamides is 1. The van der Waals surface area contributed by atoms with Crippen molar-refractivity contribution in [3.8, 4) is 0 Å². The Morgan fingerprint density at radius 1 is 1.17 bits per heavy atom. The van der Waals surface area contributed by atoms with E-state index in [2.05, 4.69) is 15.8 Å². The van der Waals surface area contributed by atoms with Crippen molar-refractivity contribution in [2.75, 3.05) is 12.3 Å². The minimum atomic E-state index is -3.29. The van der Waals surface area contributed by atoms with Crippen molar-refractivity contribution in [3.63, 3.8) is 0 Å². The van der Waals surface area contributed by atoms with Gasteiger partial charge in [0.1, 0.15) is 5.76 Å². The fourth-order valence-corrected chi connectivity index (χ4v) is 7.59. The number of aromatic nitrogens is 1. The van der Waals surface area contributed by atoms with Gasteiger partial charge in [-0.15, -0.1) is 0 Å². The molecule has 4 atom stereocenters. The second-order valence-corrected chi connectivity index (χ2v) is 11.1. The van der Waals surface area contributed by atoms with E-state index < -0.39 is 10.0 Å². The first-order valence-electron chi connectivity index (χ1n) is 11.0. The van der Waals surface area contributed by atoms with Crippen LogP contribution in [-0.4, -0.2) is 60.3 Å². The Kier molecular flexibility index (Phi) is 5.16. The number of amides is 1. The van der Waals surface area contributed by atoms with Crippen LogP contribution in [0.2, 0.25) is 0 Å². The van der Waals surface area contributed by atoms with Crippen LogP contribution in [0.3, 0.4) is 0 Å². The number of hydrogen-bond donors (Lipinski definition) is 2. The Morgan fingerprint density at radius 3 is 2.59 bits per heavy atom. The van der Waals surface area contributed by atoms with E-state index in [1.54, 1.807) is 10.4 Å². The lowest BCUT2D eigenvalue weighted by Crippen LogP contribution is -2.54. The summed E-state index contributed by atoms with van der Waals surface area (Å²) in [6.45, 7) is 0.908. The summed E-state index contributed by atoms with van der Waals surface area (Å²) in [6, 6.07) is 1.79. The van der Waals surface area contributed by atoms with Gasteiger partial charge in [-0.1, -0.05) is 11.6 Å². The quantitative estimate of drug-likeness (QED) is 0.724. The summed E-state index contributed by atoms with van der Waals surface area (Å²) in [5.41, 5.74) is 0.331. The lowest BCUT2D eigenvalue weighted by atomic mass is 9.99. The molecule has 4 aliphatic rings. The van der Waals surface area contributed by atoms with E-state index in [1.807, 2.05) is 0 Å². The van der Waals surface area contributed by atoms with E-state index in [0.717, 1.165) is 57.3 Å². The number of piperidine rings is 2. The molecule has 1 saturated carbocycles. The fourth-order valence-electron chi connectivity index (χ4n) is 5.33. The Labute approximate surface area is 171 Å². The number of rotatable bonds is 6. The summed E-state index contributed by atoms with van der Waals surface area (Å²) in [7, 11) is -3.29. The van der Waals surface area contributed by atoms with Gasteiger partial charge >= 0.3 is 0 Å². The Hall–Kier alpha value is -1.45. The molecule has 0 spiro atoms. The smallest absolute Gasteiger partial charge is 0.273 e. The molecule has 3 aliphatic heterocycles. The zero-order chi connectivity index (χ0) is 20.0. The van der Waals surface area contributed by atoms with Crippen molar-refractivity contribution in [2.45, 2.75) is 87.9 Å². The number of carbonyl (C=O) groups is 1. The molecule has 5 rings (SSSR count). The lowest BCUT2D eigenvalue weighted by Gasteiger charge is -2.39. The minimum Gasteiger partial charge on any atom is -0.360 e. The topological polar surface area (TPSA) is 105 Å². The van der Waals surface area contributed by atoms with E-state index in [-0.39, 0.29) is 35.8 Å². The van der Waals surface area contributed by atoms with Crippen molar-refractivity contribution in [3.05, 3.63) is 17.5 Å². The number of fused-ring (bicyclic) bond motifs is 2. The third kappa shape index (κ3) is 4.09. The van der Waals surface area contributed by atoms with Crippen molar-refractivity contribution in [2.24, 2.45) is 0 Å². The highest BCUT2D eigenvalue weighted by molar-refractivity contribution is 7.89. The molecule has 4 fully saturated rings. The Balaban J connectivity index is 1.20. The van der Waals surface area contributed by atoms with E-state index >= 15 is 0 Å². The number of nitrogens with one attached hydrogen (secondary N) is 2. The summed E-state index contributed by atoms with van der Waals surface area (Å²) in [5, 5.41) is 10.3. The van der Waals surface area contributed by atoms with E-state index in [1.165, 1.54) is 0 Å². The van der Waals surface area contributed by atoms with Crippen molar-refractivity contribution < 1.29 is 17.7 Å². The molecular weight excluding hydrogens is 392 g/mol. The molecule has 29 heavy (non-hydrogen) atoms. The lowest BCUT2D eigenvalue weighted by molar-refractivity contribution is 0.0900. The second kappa shape index (κ2) is 7.67. The van der Waals surface area contributed by atoms with Crippen LogP contribution in [0.5, 0.6) is 0 Å². The molecule has 0 aromatic carbocycles. The van der Waals surface area contributed by atoms with Crippen molar-refractivity contribution in [1.29, 1.82) is 0 Å². The zero-order valence-electron chi connectivity index (χ0n) is 16.7. The molecular formula is C20H30N4O4S. The highest BCUT2D eigenvalue weighted by atomic mass is 32.2. The van der Waals surface area contributed by atoms with Gasteiger partial charge in [0.25, 0.3) is 5.91 Å². The van der Waals surface area contributed by atoms with Gasteiger partial charge in [0.2, 0.25) is 10.0 Å². The van der Waals surface area contributed by atoms with Gasteiger partial charge in [0, 0.05) is 36.2 Å². The van der Waals surface area contributed by atoms with Crippen LogP contribution in [0, 0.1) is 0 Å². The molecule has 9 heteroatoms. The van der Waals surface area contributed by atoms with E-state index in [9.17, 15) is 13.2 Å². The average Bonchev–Trinajstić information content (AvgIpc) is 3.34. The summed E-state index contributed by atoms with van der Waals surface area (Å²) >= 11 is 0. The van der Waals surface area contributed by atoms with Crippen LogP contribution in [0.1, 0.15) is 80.0 Å². The maximum absolute atomic E-state index is 13.1.